The highest BCUT2D eigenvalue weighted by atomic mass is 16.6. The monoisotopic (exact) mass is 198 g/mol. The minimum Gasteiger partial charge on any atom is -0.370 e. The van der Waals surface area contributed by atoms with Gasteiger partial charge in [0.2, 0.25) is 0 Å². The Morgan fingerprint density at radius 3 is 2.93 bits per heavy atom. The highest BCUT2D eigenvalue weighted by molar-refractivity contribution is 5.02. The van der Waals surface area contributed by atoms with Crippen molar-refractivity contribution in [1.82, 2.24) is 4.90 Å². The van der Waals surface area contributed by atoms with Crippen molar-refractivity contribution < 1.29 is 4.92 Å². The Balaban J connectivity index is 2.47. The van der Waals surface area contributed by atoms with E-state index in [9.17, 15) is 10.1 Å². The van der Waals surface area contributed by atoms with Crippen molar-refractivity contribution in [3.63, 3.8) is 0 Å². The first kappa shape index (κ1) is 11.0. The van der Waals surface area contributed by atoms with Crippen LogP contribution in [0.15, 0.2) is 11.9 Å². The summed E-state index contributed by atoms with van der Waals surface area (Å²) in [7, 11) is 0. The number of hydrogen-bond acceptors (Lipinski definition) is 3. The summed E-state index contributed by atoms with van der Waals surface area (Å²) in [6.45, 7) is 6.28. The molecule has 0 aromatic carbocycles. The van der Waals surface area contributed by atoms with Crippen LogP contribution in [0.1, 0.15) is 33.1 Å². The number of hydrogen-bond donors (Lipinski definition) is 0. The van der Waals surface area contributed by atoms with E-state index in [1.807, 2.05) is 0 Å². The first-order chi connectivity index (χ1) is 6.59. The fourth-order valence-corrected chi connectivity index (χ4v) is 1.69. The van der Waals surface area contributed by atoms with Crippen molar-refractivity contribution in [2.45, 2.75) is 33.1 Å². The molecule has 0 atom stereocenters. The van der Waals surface area contributed by atoms with Crippen LogP contribution in [-0.2, 0) is 0 Å². The van der Waals surface area contributed by atoms with Gasteiger partial charge in [-0.1, -0.05) is 13.8 Å². The molecule has 0 unspecified atom stereocenters. The Morgan fingerprint density at radius 2 is 2.36 bits per heavy atom. The summed E-state index contributed by atoms with van der Waals surface area (Å²) in [5.41, 5.74) is 0.899. The van der Waals surface area contributed by atoms with Crippen molar-refractivity contribution in [3.05, 3.63) is 22.0 Å². The van der Waals surface area contributed by atoms with Crippen LogP contribution in [0.4, 0.5) is 0 Å². The van der Waals surface area contributed by atoms with E-state index in [1.165, 1.54) is 0 Å². The van der Waals surface area contributed by atoms with Gasteiger partial charge < -0.3 is 4.90 Å². The van der Waals surface area contributed by atoms with Crippen LogP contribution in [0.3, 0.4) is 0 Å². The van der Waals surface area contributed by atoms with Gasteiger partial charge in [0.25, 0.3) is 6.20 Å². The molecule has 1 saturated heterocycles. The van der Waals surface area contributed by atoms with E-state index in [0.29, 0.717) is 5.92 Å². The van der Waals surface area contributed by atoms with Crippen LogP contribution in [-0.4, -0.2) is 22.9 Å². The van der Waals surface area contributed by atoms with Crippen LogP contribution >= 0.6 is 0 Å². The molecule has 0 saturated carbocycles. The lowest BCUT2D eigenvalue weighted by Crippen LogP contribution is -2.20. The zero-order valence-electron chi connectivity index (χ0n) is 8.90. The van der Waals surface area contributed by atoms with E-state index in [2.05, 4.69) is 18.7 Å². The van der Waals surface area contributed by atoms with Crippen molar-refractivity contribution >= 4 is 0 Å². The largest absolute Gasteiger partial charge is 0.370 e. The maximum atomic E-state index is 10.3. The molecule has 0 amide bonds. The quantitative estimate of drug-likeness (QED) is 0.514. The Kier molecular flexibility index (Phi) is 3.92. The van der Waals surface area contributed by atoms with Crippen molar-refractivity contribution in [2.75, 3.05) is 13.1 Å². The van der Waals surface area contributed by atoms with E-state index in [-0.39, 0.29) is 4.92 Å². The maximum Gasteiger partial charge on any atom is 0.253 e. The Morgan fingerprint density at radius 1 is 1.64 bits per heavy atom. The molecule has 1 aliphatic rings. The van der Waals surface area contributed by atoms with Gasteiger partial charge in [-0.3, -0.25) is 10.1 Å². The summed E-state index contributed by atoms with van der Waals surface area (Å²) in [6, 6.07) is 0. The van der Waals surface area contributed by atoms with E-state index < -0.39 is 0 Å². The van der Waals surface area contributed by atoms with Crippen LogP contribution in [0.2, 0.25) is 0 Å². The summed E-state index contributed by atoms with van der Waals surface area (Å²) < 4.78 is 0. The molecule has 0 N–H and O–H groups in total. The Bertz CT molecular complexity index is 236. The summed E-state index contributed by atoms with van der Waals surface area (Å²) in [5, 5.41) is 10.3. The maximum absolute atomic E-state index is 10.3. The summed E-state index contributed by atoms with van der Waals surface area (Å²) in [6.07, 6.45) is 4.18. The van der Waals surface area contributed by atoms with E-state index >= 15 is 0 Å². The molecule has 1 aliphatic heterocycles. The molecule has 0 aliphatic carbocycles. The third-order valence-electron chi connectivity index (χ3n) is 2.50. The van der Waals surface area contributed by atoms with Crippen molar-refractivity contribution in [2.24, 2.45) is 5.92 Å². The number of nitro groups is 1. The first-order valence-electron chi connectivity index (χ1n) is 5.18. The van der Waals surface area contributed by atoms with Gasteiger partial charge in [-0.15, -0.1) is 0 Å². The van der Waals surface area contributed by atoms with Crippen molar-refractivity contribution in [1.29, 1.82) is 0 Å². The molecule has 14 heavy (non-hydrogen) atoms. The normalized spacial score (nSPS) is 19.6. The number of likely N-dealkylation sites (tertiary alicyclic amines) is 1. The average Bonchev–Trinajstić information content (AvgIpc) is 2.47. The topological polar surface area (TPSA) is 46.4 Å². The average molecular weight is 198 g/mol. The van der Waals surface area contributed by atoms with Gasteiger partial charge in [-0.2, -0.15) is 0 Å². The van der Waals surface area contributed by atoms with Crippen molar-refractivity contribution in [3.8, 4) is 0 Å². The van der Waals surface area contributed by atoms with Crippen LogP contribution in [0, 0.1) is 16.0 Å². The molecule has 1 rings (SSSR count). The second-order valence-corrected chi connectivity index (χ2v) is 4.18. The molecule has 0 aromatic rings. The lowest BCUT2D eigenvalue weighted by molar-refractivity contribution is -0.404. The minimum absolute atomic E-state index is 0.344. The second-order valence-electron chi connectivity index (χ2n) is 4.18. The molecule has 1 fully saturated rings. The molecule has 0 aromatic heterocycles. The number of allylic oxidation sites excluding steroid dienone is 1. The third kappa shape index (κ3) is 3.36. The fraction of sp³-hybridized carbons (Fsp3) is 0.800. The number of nitrogens with zero attached hydrogens (tertiary/aromatic N) is 2. The number of rotatable bonds is 4. The van der Waals surface area contributed by atoms with Crippen LogP contribution < -0.4 is 0 Å². The molecular weight excluding hydrogens is 180 g/mol. The Labute approximate surface area is 84.7 Å². The summed E-state index contributed by atoms with van der Waals surface area (Å²) >= 11 is 0. The highest BCUT2D eigenvalue weighted by Gasteiger charge is 2.19. The zero-order chi connectivity index (χ0) is 10.6. The lowest BCUT2D eigenvalue weighted by atomic mass is 10.1. The van der Waals surface area contributed by atoms with E-state index in [1.54, 1.807) is 0 Å². The lowest BCUT2D eigenvalue weighted by Gasteiger charge is -2.19. The summed E-state index contributed by atoms with van der Waals surface area (Å²) in [5.74, 6) is 0.660. The molecule has 4 nitrogen and oxygen atoms in total. The predicted molar refractivity (Wildman–Crippen MR) is 55.3 cm³/mol. The third-order valence-corrected chi connectivity index (χ3v) is 2.50. The van der Waals surface area contributed by atoms with Gasteiger partial charge in [0, 0.05) is 13.1 Å². The van der Waals surface area contributed by atoms with E-state index in [4.69, 9.17) is 0 Å². The van der Waals surface area contributed by atoms with Crippen LogP contribution in [0.5, 0.6) is 0 Å². The SMILES string of the molecule is CC(C)CCN1CCCC1=C[N+](=O)[O-]. The van der Waals surface area contributed by atoms with Gasteiger partial charge in [-0.25, -0.2) is 0 Å². The van der Waals surface area contributed by atoms with Crippen LogP contribution in [0.25, 0.3) is 0 Å². The van der Waals surface area contributed by atoms with Gasteiger partial charge in [0.15, 0.2) is 0 Å². The molecule has 80 valence electrons. The second kappa shape index (κ2) is 4.98. The molecule has 0 radical (unpaired) electrons. The van der Waals surface area contributed by atoms with Gasteiger partial charge in [0.1, 0.15) is 0 Å². The Hall–Kier alpha value is -1.06. The van der Waals surface area contributed by atoms with Gasteiger partial charge in [-0.05, 0) is 25.2 Å². The molecule has 4 heteroatoms. The standard InChI is InChI=1S/C10H18N2O2/c1-9(2)5-7-11-6-3-4-10(11)8-12(13)14/h8-9H,3-7H2,1-2H3. The zero-order valence-corrected chi connectivity index (χ0v) is 8.90. The molecule has 0 bridgehead atoms. The molecule has 0 spiro atoms. The van der Waals surface area contributed by atoms with Gasteiger partial charge >= 0.3 is 0 Å². The smallest absolute Gasteiger partial charge is 0.253 e. The minimum atomic E-state index is -0.344. The van der Waals surface area contributed by atoms with Gasteiger partial charge in [0.05, 0.1) is 10.6 Å². The molecular formula is C10H18N2O2. The fourth-order valence-electron chi connectivity index (χ4n) is 1.69. The highest BCUT2D eigenvalue weighted by Crippen LogP contribution is 2.21. The first-order valence-corrected chi connectivity index (χ1v) is 5.18. The summed E-state index contributed by atoms with van der Waals surface area (Å²) in [4.78, 5) is 12.1. The molecule has 1 heterocycles. The predicted octanol–water partition coefficient (Wildman–Crippen LogP) is 2.25. The van der Waals surface area contributed by atoms with E-state index in [0.717, 1.165) is 44.2 Å².